The van der Waals surface area contributed by atoms with Crippen LogP contribution in [0.3, 0.4) is 0 Å². The van der Waals surface area contributed by atoms with Crippen molar-refractivity contribution in [2.75, 3.05) is 0 Å². The average molecular weight is 154 g/mol. The van der Waals surface area contributed by atoms with Crippen molar-refractivity contribution in [3.05, 3.63) is 12.2 Å². The van der Waals surface area contributed by atoms with E-state index in [1.54, 1.807) is 0 Å². The Morgan fingerprint density at radius 2 is 1.82 bits per heavy atom. The van der Waals surface area contributed by atoms with Crippen molar-refractivity contribution >= 4 is 0 Å². The van der Waals surface area contributed by atoms with Crippen molar-refractivity contribution < 1.29 is 0 Å². The third-order valence-electron chi connectivity index (χ3n) is 2.82. The van der Waals surface area contributed by atoms with E-state index in [0.29, 0.717) is 5.41 Å². The van der Waals surface area contributed by atoms with E-state index in [1.165, 1.54) is 6.42 Å². The zero-order valence-electron chi connectivity index (χ0n) is 8.65. The van der Waals surface area contributed by atoms with Crippen LogP contribution < -0.4 is 0 Å². The van der Waals surface area contributed by atoms with Gasteiger partial charge in [-0.1, -0.05) is 46.8 Å². The smallest absolute Gasteiger partial charge is 0.0126 e. The van der Waals surface area contributed by atoms with Crippen molar-refractivity contribution in [3.8, 4) is 0 Å². The summed E-state index contributed by atoms with van der Waals surface area (Å²) >= 11 is 0. The lowest BCUT2D eigenvalue weighted by Gasteiger charge is -2.29. The van der Waals surface area contributed by atoms with Crippen molar-refractivity contribution in [1.29, 1.82) is 0 Å². The molecule has 0 aliphatic carbocycles. The van der Waals surface area contributed by atoms with Gasteiger partial charge >= 0.3 is 0 Å². The predicted octanol–water partition coefficient (Wildman–Crippen LogP) is 4.02. The summed E-state index contributed by atoms with van der Waals surface area (Å²) in [5, 5.41) is 0. The highest BCUT2D eigenvalue weighted by Gasteiger charge is 2.21. The number of hydrogen-bond acceptors (Lipinski definition) is 0. The first-order valence-electron chi connectivity index (χ1n) is 4.74. The Kier molecular flexibility index (Phi) is 4.48. The molecule has 0 aromatic carbocycles. The Morgan fingerprint density at radius 3 is 2.09 bits per heavy atom. The number of allylic oxidation sites excluding steroid dienone is 2. The van der Waals surface area contributed by atoms with Crippen molar-refractivity contribution in [2.24, 2.45) is 11.3 Å². The summed E-state index contributed by atoms with van der Waals surface area (Å²) in [6.45, 7) is 11.4. The van der Waals surface area contributed by atoms with Crippen molar-refractivity contribution in [1.82, 2.24) is 0 Å². The molecule has 0 saturated carbocycles. The Balaban J connectivity index is 4.21. The monoisotopic (exact) mass is 154 g/mol. The second-order valence-electron chi connectivity index (χ2n) is 3.82. The lowest BCUT2D eigenvalue weighted by Crippen LogP contribution is -2.19. The molecule has 0 bridgehead atoms. The van der Waals surface area contributed by atoms with Crippen LogP contribution in [0, 0.1) is 11.3 Å². The fourth-order valence-corrected chi connectivity index (χ4v) is 1.11. The van der Waals surface area contributed by atoms with Crippen LogP contribution >= 0.6 is 0 Å². The second-order valence-corrected chi connectivity index (χ2v) is 3.82. The van der Waals surface area contributed by atoms with E-state index in [9.17, 15) is 0 Å². The van der Waals surface area contributed by atoms with Gasteiger partial charge < -0.3 is 0 Å². The summed E-state index contributed by atoms with van der Waals surface area (Å²) in [5.41, 5.74) is 0.413. The van der Waals surface area contributed by atoms with Crippen LogP contribution in [0.4, 0.5) is 0 Å². The molecule has 0 rings (SSSR count). The van der Waals surface area contributed by atoms with Gasteiger partial charge in [0.05, 0.1) is 0 Å². The zero-order chi connectivity index (χ0) is 8.91. The molecule has 0 spiro atoms. The van der Waals surface area contributed by atoms with Crippen LogP contribution in [0.1, 0.15) is 47.5 Å². The van der Waals surface area contributed by atoms with Crippen LogP contribution in [0.25, 0.3) is 0 Å². The molecule has 0 heterocycles. The molecule has 0 fully saturated rings. The average Bonchev–Trinajstić information content (AvgIpc) is 2.00. The minimum atomic E-state index is 0.413. The molecule has 0 heteroatoms. The molecule has 0 aliphatic heterocycles. The fraction of sp³-hybridized carbons (Fsp3) is 0.818. The Bertz CT molecular complexity index is 122. The second kappa shape index (κ2) is 4.58. The van der Waals surface area contributed by atoms with Gasteiger partial charge in [0.2, 0.25) is 0 Å². The minimum Gasteiger partial charge on any atom is -0.0883 e. The molecule has 0 aromatic rings. The standard InChI is InChI=1S/C11H22/c1-6-8-9-11(5,7-2)10(3)4/h8-10H,6-7H2,1-5H3. The molecule has 0 amide bonds. The van der Waals surface area contributed by atoms with Gasteiger partial charge in [-0.3, -0.25) is 0 Å². The molecule has 1 atom stereocenters. The highest BCUT2D eigenvalue weighted by Crippen LogP contribution is 2.32. The topological polar surface area (TPSA) is 0 Å². The molecule has 0 aromatic heterocycles. The van der Waals surface area contributed by atoms with Crippen LogP contribution in [0.15, 0.2) is 12.2 Å². The molecule has 0 saturated heterocycles. The van der Waals surface area contributed by atoms with Gasteiger partial charge in [-0.05, 0) is 24.2 Å². The molecule has 0 N–H and O–H groups in total. The Morgan fingerprint density at radius 1 is 1.27 bits per heavy atom. The van der Waals surface area contributed by atoms with Gasteiger partial charge in [-0.25, -0.2) is 0 Å². The molecule has 0 aliphatic rings. The molecule has 66 valence electrons. The summed E-state index contributed by atoms with van der Waals surface area (Å²) in [5.74, 6) is 0.746. The van der Waals surface area contributed by atoms with Crippen LogP contribution in [0.2, 0.25) is 0 Å². The molecule has 0 nitrogen and oxygen atoms in total. The SMILES string of the molecule is CCC=CC(C)(CC)C(C)C. The number of rotatable bonds is 4. The Hall–Kier alpha value is -0.260. The molecular weight excluding hydrogens is 132 g/mol. The summed E-state index contributed by atoms with van der Waals surface area (Å²) in [6, 6.07) is 0. The Labute approximate surface area is 71.7 Å². The van der Waals surface area contributed by atoms with E-state index >= 15 is 0 Å². The highest BCUT2D eigenvalue weighted by atomic mass is 14.3. The summed E-state index contributed by atoms with van der Waals surface area (Å²) in [6.07, 6.45) is 7.05. The summed E-state index contributed by atoms with van der Waals surface area (Å²) in [7, 11) is 0. The predicted molar refractivity (Wildman–Crippen MR) is 52.7 cm³/mol. The molecule has 1 unspecified atom stereocenters. The highest BCUT2D eigenvalue weighted by molar-refractivity contribution is 4.97. The molecule has 0 radical (unpaired) electrons. The van der Waals surface area contributed by atoms with Gasteiger partial charge in [0.25, 0.3) is 0 Å². The maximum atomic E-state index is 2.37. The van der Waals surface area contributed by atoms with E-state index in [4.69, 9.17) is 0 Å². The van der Waals surface area contributed by atoms with E-state index in [2.05, 4.69) is 46.8 Å². The zero-order valence-corrected chi connectivity index (χ0v) is 8.65. The van der Waals surface area contributed by atoms with Gasteiger partial charge in [0.1, 0.15) is 0 Å². The maximum absolute atomic E-state index is 2.37. The summed E-state index contributed by atoms with van der Waals surface area (Å²) < 4.78 is 0. The quantitative estimate of drug-likeness (QED) is 0.536. The molecular formula is C11H22. The summed E-state index contributed by atoms with van der Waals surface area (Å²) in [4.78, 5) is 0. The van der Waals surface area contributed by atoms with Gasteiger partial charge in [0, 0.05) is 0 Å². The van der Waals surface area contributed by atoms with Crippen molar-refractivity contribution in [2.45, 2.75) is 47.5 Å². The first-order chi connectivity index (χ1) is 5.06. The van der Waals surface area contributed by atoms with Gasteiger partial charge in [-0.15, -0.1) is 0 Å². The lowest BCUT2D eigenvalue weighted by molar-refractivity contribution is 0.286. The third kappa shape index (κ3) is 3.09. The normalized spacial score (nSPS) is 17.6. The van der Waals surface area contributed by atoms with Crippen LogP contribution in [-0.2, 0) is 0 Å². The van der Waals surface area contributed by atoms with E-state index in [-0.39, 0.29) is 0 Å². The van der Waals surface area contributed by atoms with E-state index < -0.39 is 0 Å². The van der Waals surface area contributed by atoms with Crippen LogP contribution in [0.5, 0.6) is 0 Å². The fourth-order valence-electron chi connectivity index (χ4n) is 1.11. The van der Waals surface area contributed by atoms with E-state index in [1.807, 2.05) is 0 Å². The van der Waals surface area contributed by atoms with Crippen molar-refractivity contribution in [3.63, 3.8) is 0 Å². The first-order valence-corrected chi connectivity index (χ1v) is 4.74. The van der Waals surface area contributed by atoms with E-state index in [0.717, 1.165) is 12.3 Å². The number of hydrogen-bond donors (Lipinski definition) is 0. The largest absolute Gasteiger partial charge is 0.0883 e. The maximum Gasteiger partial charge on any atom is -0.0126 e. The first kappa shape index (κ1) is 10.7. The van der Waals surface area contributed by atoms with Crippen LogP contribution in [-0.4, -0.2) is 0 Å². The lowest BCUT2D eigenvalue weighted by atomic mass is 9.76. The third-order valence-corrected chi connectivity index (χ3v) is 2.82. The molecule has 11 heavy (non-hydrogen) atoms. The van der Waals surface area contributed by atoms with Gasteiger partial charge in [0.15, 0.2) is 0 Å². The van der Waals surface area contributed by atoms with Gasteiger partial charge in [-0.2, -0.15) is 0 Å². The minimum absolute atomic E-state index is 0.413.